The van der Waals surface area contributed by atoms with E-state index in [0.29, 0.717) is 11.0 Å². The van der Waals surface area contributed by atoms with Gasteiger partial charge in [0.05, 0.1) is 17.5 Å². The van der Waals surface area contributed by atoms with E-state index in [9.17, 15) is 0 Å². The van der Waals surface area contributed by atoms with Crippen LogP contribution in [-0.2, 0) is 0 Å². The second-order valence-corrected chi connectivity index (χ2v) is 4.54. The molecule has 0 atom stereocenters. The van der Waals surface area contributed by atoms with Gasteiger partial charge in [0.2, 0.25) is 0 Å². The average Bonchev–Trinajstić information content (AvgIpc) is 2.85. The Balaban J connectivity index is 2.14. The Bertz CT molecular complexity index is 707. The molecule has 0 unspecified atom stereocenters. The largest absolute Gasteiger partial charge is 0.469 e. The van der Waals surface area contributed by atoms with Gasteiger partial charge in [-0.25, -0.2) is 9.97 Å². The number of aromatic nitrogens is 2. The molecule has 3 aromatic rings. The van der Waals surface area contributed by atoms with Crippen LogP contribution in [0.4, 0.5) is 0 Å². The third kappa shape index (κ3) is 2.37. The van der Waals surface area contributed by atoms with Crippen molar-refractivity contribution >= 4 is 11.6 Å². The standard InChI is InChI=1S/C15H11ClN2O/c1-10-12(7-8-19-10)15-17-13(9-14(16)18-15)11-5-3-2-4-6-11/h2-9H,1H3. The van der Waals surface area contributed by atoms with Gasteiger partial charge in [-0.3, -0.25) is 0 Å². The molecule has 0 fully saturated rings. The third-order valence-electron chi connectivity index (χ3n) is 2.86. The summed E-state index contributed by atoms with van der Waals surface area (Å²) in [5.41, 5.74) is 2.67. The Labute approximate surface area is 115 Å². The van der Waals surface area contributed by atoms with Gasteiger partial charge in [-0.1, -0.05) is 41.9 Å². The molecule has 0 saturated carbocycles. The summed E-state index contributed by atoms with van der Waals surface area (Å²) < 4.78 is 5.28. The van der Waals surface area contributed by atoms with Crippen LogP contribution >= 0.6 is 11.6 Å². The molecule has 0 aliphatic rings. The number of rotatable bonds is 2. The van der Waals surface area contributed by atoms with Gasteiger partial charge in [0.1, 0.15) is 10.9 Å². The van der Waals surface area contributed by atoms with Gasteiger partial charge in [-0.2, -0.15) is 0 Å². The summed E-state index contributed by atoms with van der Waals surface area (Å²) in [5.74, 6) is 1.36. The fourth-order valence-corrected chi connectivity index (χ4v) is 2.10. The van der Waals surface area contributed by atoms with Gasteiger partial charge in [0.25, 0.3) is 0 Å². The van der Waals surface area contributed by atoms with Crippen LogP contribution in [0.15, 0.2) is 53.1 Å². The van der Waals surface area contributed by atoms with E-state index in [4.69, 9.17) is 16.0 Å². The molecule has 3 nitrogen and oxygen atoms in total. The summed E-state index contributed by atoms with van der Waals surface area (Å²) in [7, 11) is 0. The van der Waals surface area contributed by atoms with Crippen molar-refractivity contribution in [2.45, 2.75) is 6.92 Å². The van der Waals surface area contributed by atoms with Crippen molar-refractivity contribution in [3.05, 3.63) is 59.6 Å². The minimum Gasteiger partial charge on any atom is -0.469 e. The summed E-state index contributed by atoms with van der Waals surface area (Å²) in [5, 5.41) is 0.421. The zero-order chi connectivity index (χ0) is 13.2. The minimum atomic E-state index is 0.421. The molecule has 0 radical (unpaired) electrons. The highest BCUT2D eigenvalue weighted by atomic mass is 35.5. The predicted molar refractivity (Wildman–Crippen MR) is 74.9 cm³/mol. The molecule has 0 saturated heterocycles. The summed E-state index contributed by atoms with van der Waals surface area (Å²) in [4.78, 5) is 8.81. The molecule has 0 aliphatic carbocycles. The maximum atomic E-state index is 6.09. The van der Waals surface area contributed by atoms with Gasteiger partial charge in [0, 0.05) is 11.6 Å². The lowest BCUT2D eigenvalue weighted by Crippen LogP contribution is -1.93. The average molecular weight is 271 g/mol. The number of furan rings is 1. The van der Waals surface area contributed by atoms with E-state index in [0.717, 1.165) is 22.6 Å². The first-order valence-electron chi connectivity index (χ1n) is 5.88. The number of halogens is 1. The molecule has 0 N–H and O–H groups in total. The van der Waals surface area contributed by atoms with Crippen molar-refractivity contribution in [1.29, 1.82) is 0 Å². The molecule has 2 heterocycles. The van der Waals surface area contributed by atoms with E-state index >= 15 is 0 Å². The molecular weight excluding hydrogens is 260 g/mol. The first-order chi connectivity index (χ1) is 9.24. The molecule has 3 rings (SSSR count). The van der Waals surface area contributed by atoms with Gasteiger partial charge in [-0.05, 0) is 13.0 Å². The van der Waals surface area contributed by atoms with Crippen molar-refractivity contribution < 1.29 is 4.42 Å². The molecule has 94 valence electrons. The summed E-state index contributed by atoms with van der Waals surface area (Å²) >= 11 is 6.09. The molecule has 1 aromatic carbocycles. The van der Waals surface area contributed by atoms with Gasteiger partial charge >= 0.3 is 0 Å². The van der Waals surface area contributed by atoms with Gasteiger partial charge in [-0.15, -0.1) is 0 Å². The third-order valence-corrected chi connectivity index (χ3v) is 3.06. The molecule has 2 aromatic heterocycles. The molecular formula is C15H11ClN2O. The Kier molecular flexibility index (Phi) is 3.05. The van der Waals surface area contributed by atoms with Crippen LogP contribution in [-0.4, -0.2) is 9.97 Å². The van der Waals surface area contributed by atoms with E-state index in [1.54, 1.807) is 12.3 Å². The first-order valence-corrected chi connectivity index (χ1v) is 6.26. The van der Waals surface area contributed by atoms with Crippen LogP contribution in [0, 0.1) is 6.92 Å². The van der Waals surface area contributed by atoms with Crippen LogP contribution in [0.2, 0.25) is 5.15 Å². The lowest BCUT2D eigenvalue weighted by molar-refractivity contribution is 0.535. The summed E-state index contributed by atoms with van der Waals surface area (Å²) in [6.45, 7) is 1.88. The predicted octanol–water partition coefficient (Wildman–Crippen LogP) is 4.37. The number of nitrogens with zero attached hydrogens (tertiary/aromatic N) is 2. The van der Waals surface area contributed by atoms with E-state index in [2.05, 4.69) is 9.97 Å². The summed E-state index contributed by atoms with van der Waals surface area (Å²) in [6, 6.07) is 13.5. The monoisotopic (exact) mass is 270 g/mol. The highest BCUT2D eigenvalue weighted by Gasteiger charge is 2.11. The lowest BCUT2D eigenvalue weighted by atomic mass is 10.1. The maximum Gasteiger partial charge on any atom is 0.164 e. The molecule has 0 spiro atoms. The normalized spacial score (nSPS) is 10.6. The van der Waals surface area contributed by atoms with Crippen LogP contribution in [0.5, 0.6) is 0 Å². The van der Waals surface area contributed by atoms with E-state index in [1.807, 2.05) is 43.3 Å². The van der Waals surface area contributed by atoms with E-state index < -0.39 is 0 Å². The Morgan fingerprint density at radius 2 is 1.84 bits per heavy atom. The zero-order valence-corrected chi connectivity index (χ0v) is 11.1. The van der Waals surface area contributed by atoms with Crippen molar-refractivity contribution in [1.82, 2.24) is 9.97 Å². The smallest absolute Gasteiger partial charge is 0.164 e. The zero-order valence-electron chi connectivity index (χ0n) is 10.3. The topological polar surface area (TPSA) is 38.9 Å². The highest BCUT2D eigenvalue weighted by molar-refractivity contribution is 6.29. The maximum absolute atomic E-state index is 6.09. The second-order valence-electron chi connectivity index (χ2n) is 4.16. The van der Waals surface area contributed by atoms with Crippen LogP contribution < -0.4 is 0 Å². The second kappa shape index (κ2) is 4.86. The van der Waals surface area contributed by atoms with Crippen LogP contribution in [0.25, 0.3) is 22.6 Å². The van der Waals surface area contributed by atoms with Crippen LogP contribution in [0.1, 0.15) is 5.76 Å². The van der Waals surface area contributed by atoms with Crippen LogP contribution in [0.3, 0.4) is 0 Å². The molecule has 4 heteroatoms. The highest BCUT2D eigenvalue weighted by Crippen LogP contribution is 2.26. The van der Waals surface area contributed by atoms with Crippen molar-refractivity contribution in [3.8, 4) is 22.6 Å². The number of benzene rings is 1. The van der Waals surface area contributed by atoms with E-state index in [1.165, 1.54) is 0 Å². The Hall–Kier alpha value is -2.13. The number of aryl methyl sites for hydroxylation is 1. The van der Waals surface area contributed by atoms with Crippen molar-refractivity contribution in [2.75, 3.05) is 0 Å². The molecule has 0 amide bonds. The lowest BCUT2D eigenvalue weighted by Gasteiger charge is -2.04. The SMILES string of the molecule is Cc1occc1-c1nc(Cl)cc(-c2ccccc2)n1. The quantitative estimate of drug-likeness (QED) is 0.649. The fraction of sp³-hybridized carbons (Fsp3) is 0.0667. The first kappa shape index (κ1) is 11.9. The van der Waals surface area contributed by atoms with Crippen molar-refractivity contribution in [3.63, 3.8) is 0 Å². The Morgan fingerprint density at radius 1 is 1.05 bits per heavy atom. The fourth-order valence-electron chi connectivity index (χ4n) is 1.91. The molecule has 19 heavy (non-hydrogen) atoms. The molecule has 0 bridgehead atoms. The number of hydrogen-bond acceptors (Lipinski definition) is 3. The summed E-state index contributed by atoms with van der Waals surface area (Å²) in [6.07, 6.45) is 1.62. The van der Waals surface area contributed by atoms with Gasteiger partial charge < -0.3 is 4.42 Å². The molecule has 0 aliphatic heterocycles. The van der Waals surface area contributed by atoms with Crippen molar-refractivity contribution in [2.24, 2.45) is 0 Å². The minimum absolute atomic E-state index is 0.421. The Morgan fingerprint density at radius 3 is 2.53 bits per heavy atom. The van der Waals surface area contributed by atoms with Gasteiger partial charge in [0.15, 0.2) is 5.82 Å². The van der Waals surface area contributed by atoms with E-state index in [-0.39, 0.29) is 0 Å². The number of hydrogen-bond donors (Lipinski definition) is 0.